The van der Waals surface area contributed by atoms with Gasteiger partial charge in [0.15, 0.2) is 5.82 Å². The molecule has 0 aliphatic heterocycles. The van der Waals surface area contributed by atoms with Crippen LogP contribution in [0.25, 0.3) is 0 Å². The maximum absolute atomic E-state index is 13.5. The summed E-state index contributed by atoms with van der Waals surface area (Å²) in [6.45, 7) is 0. The number of halogens is 3. The smallest absolute Gasteiger partial charge is 0.241 e. The van der Waals surface area contributed by atoms with Gasteiger partial charge in [-0.2, -0.15) is 11.8 Å². The number of nitrogens with two attached hydrogens (primary N) is 1. The number of anilines is 1. The first-order valence-corrected chi connectivity index (χ1v) is 7.34. The predicted octanol–water partition coefficient (Wildman–Crippen LogP) is 2.75. The van der Waals surface area contributed by atoms with Crippen LogP contribution in [0, 0.1) is 11.6 Å². The zero-order valence-electron chi connectivity index (χ0n) is 9.67. The van der Waals surface area contributed by atoms with Crippen molar-refractivity contribution in [1.29, 1.82) is 0 Å². The van der Waals surface area contributed by atoms with Gasteiger partial charge in [-0.05, 0) is 40.4 Å². The van der Waals surface area contributed by atoms with E-state index in [0.717, 1.165) is 11.8 Å². The summed E-state index contributed by atoms with van der Waals surface area (Å²) in [5.41, 5.74) is 5.55. The van der Waals surface area contributed by atoms with Gasteiger partial charge >= 0.3 is 0 Å². The lowest BCUT2D eigenvalue weighted by Crippen LogP contribution is -2.36. The van der Waals surface area contributed by atoms with E-state index >= 15 is 0 Å². The number of nitrogens with one attached hydrogen (secondary N) is 1. The highest BCUT2D eigenvalue weighted by atomic mass is 79.9. The van der Waals surface area contributed by atoms with E-state index in [9.17, 15) is 13.6 Å². The van der Waals surface area contributed by atoms with Crippen molar-refractivity contribution in [2.75, 3.05) is 17.3 Å². The first kappa shape index (κ1) is 15.4. The summed E-state index contributed by atoms with van der Waals surface area (Å²) < 4.78 is 26.5. The van der Waals surface area contributed by atoms with E-state index in [4.69, 9.17) is 5.73 Å². The lowest BCUT2D eigenvalue weighted by Gasteiger charge is -2.13. The van der Waals surface area contributed by atoms with E-state index in [0.29, 0.717) is 12.5 Å². The molecule has 0 aromatic heterocycles. The van der Waals surface area contributed by atoms with Crippen LogP contribution in [0.3, 0.4) is 0 Å². The largest absolute Gasteiger partial charge is 0.321 e. The van der Waals surface area contributed by atoms with Gasteiger partial charge in [0, 0.05) is 10.5 Å². The van der Waals surface area contributed by atoms with Crippen LogP contribution in [-0.4, -0.2) is 24.0 Å². The summed E-state index contributed by atoms with van der Waals surface area (Å²) in [5, 5.41) is 2.35. The van der Waals surface area contributed by atoms with Crippen LogP contribution in [0.4, 0.5) is 14.5 Å². The summed E-state index contributed by atoms with van der Waals surface area (Å²) in [4.78, 5) is 11.7. The molecule has 3 N–H and O–H groups in total. The molecule has 1 rings (SSSR count). The Morgan fingerprint density at radius 1 is 1.56 bits per heavy atom. The summed E-state index contributed by atoms with van der Waals surface area (Å²) in [6, 6.07) is 1.06. The number of amides is 1. The maximum Gasteiger partial charge on any atom is 0.241 e. The van der Waals surface area contributed by atoms with Crippen LogP contribution in [0.5, 0.6) is 0 Å². The second-order valence-corrected chi connectivity index (χ2v) is 5.46. The van der Waals surface area contributed by atoms with Gasteiger partial charge in [0.25, 0.3) is 0 Å². The number of carbonyl (C=O) groups is 1. The molecular weight excluding hydrogens is 326 g/mol. The molecule has 100 valence electrons. The third-order valence-electron chi connectivity index (χ3n) is 2.22. The van der Waals surface area contributed by atoms with Crippen molar-refractivity contribution < 1.29 is 13.6 Å². The van der Waals surface area contributed by atoms with Crippen LogP contribution in [0.15, 0.2) is 16.6 Å². The van der Waals surface area contributed by atoms with Crippen LogP contribution >= 0.6 is 27.7 Å². The SMILES string of the molecule is CSCC[C@@H](N)C(=O)Nc1c(F)cc(F)cc1Br. The molecule has 0 heterocycles. The molecule has 0 unspecified atom stereocenters. The zero-order valence-corrected chi connectivity index (χ0v) is 12.1. The molecule has 1 aromatic carbocycles. The standard InChI is InChI=1S/C11H13BrF2N2OS/c1-18-3-2-9(15)11(17)16-10-7(12)4-6(13)5-8(10)14/h4-5,9H,2-3,15H2,1H3,(H,16,17)/t9-/m1/s1. The Morgan fingerprint density at radius 3 is 2.78 bits per heavy atom. The molecule has 0 spiro atoms. The molecule has 1 atom stereocenters. The van der Waals surface area contributed by atoms with Gasteiger partial charge in [0.2, 0.25) is 5.91 Å². The molecule has 0 aliphatic carbocycles. The Morgan fingerprint density at radius 2 is 2.22 bits per heavy atom. The fourth-order valence-corrected chi connectivity index (χ4v) is 2.25. The van der Waals surface area contributed by atoms with Crippen molar-refractivity contribution in [2.45, 2.75) is 12.5 Å². The quantitative estimate of drug-likeness (QED) is 0.867. The maximum atomic E-state index is 13.5. The fourth-order valence-electron chi connectivity index (χ4n) is 1.25. The number of hydrogen-bond donors (Lipinski definition) is 2. The van der Waals surface area contributed by atoms with Gasteiger partial charge in [-0.25, -0.2) is 8.78 Å². The molecule has 18 heavy (non-hydrogen) atoms. The summed E-state index contributed by atoms with van der Waals surface area (Å²) in [7, 11) is 0. The Labute approximate surface area is 117 Å². The average molecular weight is 339 g/mol. The van der Waals surface area contributed by atoms with Crippen molar-refractivity contribution in [3.8, 4) is 0 Å². The molecule has 1 aromatic rings. The highest BCUT2D eigenvalue weighted by molar-refractivity contribution is 9.10. The van der Waals surface area contributed by atoms with Crippen LogP contribution in [0.1, 0.15) is 6.42 Å². The minimum Gasteiger partial charge on any atom is -0.321 e. The monoisotopic (exact) mass is 338 g/mol. The lowest BCUT2D eigenvalue weighted by molar-refractivity contribution is -0.117. The van der Waals surface area contributed by atoms with E-state index < -0.39 is 23.6 Å². The second kappa shape index (κ2) is 7.06. The topological polar surface area (TPSA) is 55.1 Å². The summed E-state index contributed by atoms with van der Waals surface area (Å²) in [6.07, 6.45) is 2.40. The first-order chi connectivity index (χ1) is 8.45. The van der Waals surface area contributed by atoms with Gasteiger partial charge in [-0.3, -0.25) is 4.79 Å². The van der Waals surface area contributed by atoms with E-state index in [1.165, 1.54) is 0 Å². The normalized spacial score (nSPS) is 12.3. The number of rotatable bonds is 5. The molecule has 7 heteroatoms. The summed E-state index contributed by atoms with van der Waals surface area (Å²) >= 11 is 4.56. The van der Waals surface area contributed by atoms with Gasteiger partial charge in [-0.15, -0.1) is 0 Å². The summed E-state index contributed by atoms with van der Waals surface area (Å²) in [5.74, 6) is -1.31. The minimum atomic E-state index is -0.840. The zero-order chi connectivity index (χ0) is 13.7. The Hall–Kier alpha value is -0.660. The van der Waals surface area contributed by atoms with Gasteiger partial charge in [0.05, 0.1) is 11.7 Å². The Kier molecular flexibility index (Phi) is 6.04. The van der Waals surface area contributed by atoms with E-state index in [1.807, 2.05) is 6.26 Å². The van der Waals surface area contributed by atoms with E-state index in [2.05, 4.69) is 21.2 Å². The minimum absolute atomic E-state index is 0.0963. The predicted molar refractivity (Wildman–Crippen MR) is 73.7 cm³/mol. The first-order valence-electron chi connectivity index (χ1n) is 5.15. The molecule has 0 aliphatic rings. The molecule has 1 amide bonds. The highest BCUT2D eigenvalue weighted by Crippen LogP contribution is 2.26. The molecule has 0 radical (unpaired) electrons. The van der Waals surface area contributed by atoms with Crippen molar-refractivity contribution in [2.24, 2.45) is 5.73 Å². The number of hydrogen-bond acceptors (Lipinski definition) is 3. The molecule has 0 saturated heterocycles. The van der Waals surface area contributed by atoms with Crippen molar-refractivity contribution in [3.05, 3.63) is 28.2 Å². The fraction of sp³-hybridized carbons (Fsp3) is 0.364. The molecule has 0 saturated carbocycles. The second-order valence-electron chi connectivity index (χ2n) is 3.62. The van der Waals surface area contributed by atoms with E-state index in [-0.39, 0.29) is 10.2 Å². The van der Waals surface area contributed by atoms with Gasteiger partial charge in [0.1, 0.15) is 5.82 Å². The van der Waals surface area contributed by atoms with Crippen molar-refractivity contribution in [3.63, 3.8) is 0 Å². The Balaban J connectivity index is 2.76. The molecule has 0 bridgehead atoms. The van der Waals surface area contributed by atoms with Crippen LogP contribution < -0.4 is 11.1 Å². The number of thioether (sulfide) groups is 1. The third kappa shape index (κ3) is 4.22. The van der Waals surface area contributed by atoms with Crippen molar-refractivity contribution >= 4 is 39.3 Å². The molecule has 3 nitrogen and oxygen atoms in total. The van der Waals surface area contributed by atoms with Gasteiger partial charge < -0.3 is 11.1 Å². The highest BCUT2D eigenvalue weighted by Gasteiger charge is 2.17. The molecule has 0 fully saturated rings. The lowest BCUT2D eigenvalue weighted by atomic mass is 10.2. The Bertz CT molecular complexity index is 422. The average Bonchev–Trinajstić information content (AvgIpc) is 2.30. The van der Waals surface area contributed by atoms with E-state index in [1.54, 1.807) is 11.8 Å². The number of carbonyl (C=O) groups excluding carboxylic acids is 1. The molecular formula is C11H13BrF2N2OS. The van der Waals surface area contributed by atoms with Crippen LogP contribution in [0.2, 0.25) is 0 Å². The van der Waals surface area contributed by atoms with Gasteiger partial charge in [-0.1, -0.05) is 0 Å². The number of benzene rings is 1. The van der Waals surface area contributed by atoms with Crippen LogP contribution in [-0.2, 0) is 4.79 Å². The third-order valence-corrected chi connectivity index (χ3v) is 3.49. The van der Waals surface area contributed by atoms with Crippen molar-refractivity contribution in [1.82, 2.24) is 0 Å².